The van der Waals surface area contributed by atoms with Gasteiger partial charge < -0.3 is 5.32 Å². The number of rotatable bonds is 5. The molecule has 0 aliphatic carbocycles. The minimum Gasteiger partial charge on any atom is -0.367 e. The van der Waals surface area contributed by atoms with Gasteiger partial charge in [-0.25, -0.2) is 4.98 Å². The molecule has 3 rings (SSSR count). The normalized spacial score (nSPS) is 17.8. The second-order valence-corrected chi connectivity index (χ2v) is 5.76. The summed E-state index contributed by atoms with van der Waals surface area (Å²) in [5.74, 6) is 0.976. The van der Waals surface area contributed by atoms with Gasteiger partial charge in [0.05, 0.1) is 6.04 Å². The van der Waals surface area contributed by atoms with E-state index in [-0.39, 0.29) is 0 Å². The highest BCUT2D eigenvalue weighted by atomic mass is 15.2. The maximum Gasteiger partial charge on any atom is 0.126 e. The van der Waals surface area contributed by atoms with Crippen molar-refractivity contribution in [2.45, 2.75) is 24.9 Å². The SMILES string of the molecule is C=CC(c1ccccc1)N1CCC(Nc2ccccn2)CC1. The molecule has 0 bridgehead atoms. The Morgan fingerprint density at radius 2 is 1.82 bits per heavy atom. The molecule has 1 N–H and O–H groups in total. The fourth-order valence-electron chi connectivity index (χ4n) is 3.13. The molecule has 3 nitrogen and oxygen atoms in total. The number of anilines is 1. The molecule has 3 heteroatoms. The van der Waals surface area contributed by atoms with E-state index in [0.29, 0.717) is 12.1 Å². The molecule has 0 saturated carbocycles. The number of piperidine rings is 1. The van der Waals surface area contributed by atoms with Crippen LogP contribution in [0.1, 0.15) is 24.4 Å². The van der Waals surface area contributed by atoms with E-state index in [1.165, 1.54) is 5.56 Å². The predicted molar refractivity (Wildman–Crippen MR) is 91.8 cm³/mol. The van der Waals surface area contributed by atoms with Crippen molar-refractivity contribution in [1.82, 2.24) is 9.88 Å². The van der Waals surface area contributed by atoms with E-state index >= 15 is 0 Å². The molecule has 1 aliphatic rings. The standard InChI is InChI=1S/C19H23N3/c1-2-18(16-8-4-3-5-9-16)22-14-11-17(12-15-22)21-19-10-6-7-13-20-19/h2-10,13,17-18H,1,11-12,14-15H2,(H,20,21). The zero-order valence-electron chi connectivity index (χ0n) is 12.9. The fraction of sp³-hybridized carbons (Fsp3) is 0.316. The summed E-state index contributed by atoms with van der Waals surface area (Å²) in [7, 11) is 0. The van der Waals surface area contributed by atoms with Crippen molar-refractivity contribution >= 4 is 5.82 Å². The quantitative estimate of drug-likeness (QED) is 0.848. The number of nitrogens with zero attached hydrogens (tertiary/aromatic N) is 2. The minimum absolute atomic E-state index is 0.317. The van der Waals surface area contributed by atoms with E-state index in [2.05, 4.69) is 58.2 Å². The van der Waals surface area contributed by atoms with E-state index in [1.54, 1.807) is 0 Å². The van der Waals surface area contributed by atoms with Gasteiger partial charge in [-0.15, -0.1) is 6.58 Å². The highest BCUT2D eigenvalue weighted by Crippen LogP contribution is 2.26. The first-order valence-electron chi connectivity index (χ1n) is 7.96. The molecular formula is C19H23N3. The van der Waals surface area contributed by atoms with Gasteiger partial charge in [0.2, 0.25) is 0 Å². The Labute approximate surface area is 132 Å². The molecule has 2 aromatic rings. The van der Waals surface area contributed by atoms with Crippen LogP contribution in [-0.2, 0) is 0 Å². The van der Waals surface area contributed by atoms with Crippen molar-refractivity contribution in [2.24, 2.45) is 0 Å². The summed E-state index contributed by atoms with van der Waals surface area (Å²) in [4.78, 5) is 6.86. The van der Waals surface area contributed by atoms with Crippen molar-refractivity contribution in [3.05, 3.63) is 72.9 Å². The van der Waals surface area contributed by atoms with Gasteiger partial charge >= 0.3 is 0 Å². The molecule has 114 valence electrons. The Kier molecular flexibility index (Phi) is 4.86. The topological polar surface area (TPSA) is 28.2 Å². The smallest absolute Gasteiger partial charge is 0.126 e. The molecule has 1 fully saturated rings. The largest absolute Gasteiger partial charge is 0.367 e. The Hall–Kier alpha value is -2.13. The third kappa shape index (κ3) is 3.55. The fourth-order valence-corrected chi connectivity index (χ4v) is 3.13. The van der Waals surface area contributed by atoms with Gasteiger partial charge in [-0.2, -0.15) is 0 Å². The lowest BCUT2D eigenvalue weighted by molar-refractivity contribution is 0.184. The maximum absolute atomic E-state index is 4.35. The Balaban J connectivity index is 1.58. The number of nitrogens with one attached hydrogen (secondary N) is 1. The van der Waals surface area contributed by atoms with E-state index < -0.39 is 0 Å². The summed E-state index contributed by atoms with van der Waals surface area (Å²) in [6, 6.07) is 17.5. The molecule has 0 spiro atoms. The number of likely N-dealkylation sites (tertiary alicyclic amines) is 1. The second-order valence-electron chi connectivity index (χ2n) is 5.76. The third-order valence-corrected chi connectivity index (χ3v) is 4.30. The van der Waals surface area contributed by atoms with Crippen molar-refractivity contribution in [1.29, 1.82) is 0 Å². The van der Waals surface area contributed by atoms with Crippen LogP contribution in [0, 0.1) is 0 Å². The predicted octanol–water partition coefficient (Wildman–Crippen LogP) is 3.89. The van der Waals surface area contributed by atoms with Crippen LogP contribution < -0.4 is 5.32 Å². The Bertz CT molecular complexity index is 574. The summed E-state index contributed by atoms with van der Waals surface area (Å²) < 4.78 is 0. The van der Waals surface area contributed by atoms with Crippen LogP contribution in [0.25, 0.3) is 0 Å². The van der Waals surface area contributed by atoms with E-state index in [9.17, 15) is 0 Å². The van der Waals surface area contributed by atoms with Crippen molar-refractivity contribution in [2.75, 3.05) is 18.4 Å². The summed E-state index contributed by atoms with van der Waals surface area (Å²) in [6.07, 6.45) is 6.16. The average Bonchev–Trinajstić information content (AvgIpc) is 2.59. The molecule has 2 heterocycles. The molecule has 0 radical (unpaired) electrons. The monoisotopic (exact) mass is 293 g/mol. The van der Waals surface area contributed by atoms with E-state index in [0.717, 1.165) is 31.7 Å². The van der Waals surface area contributed by atoms with Gasteiger partial charge in [0.15, 0.2) is 0 Å². The lowest BCUT2D eigenvalue weighted by atomic mass is 9.99. The summed E-state index contributed by atoms with van der Waals surface area (Å²) in [5.41, 5.74) is 1.33. The maximum atomic E-state index is 4.35. The number of aromatic nitrogens is 1. The Morgan fingerprint density at radius 3 is 2.45 bits per heavy atom. The highest BCUT2D eigenvalue weighted by molar-refractivity contribution is 5.34. The van der Waals surface area contributed by atoms with Crippen LogP contribution in [-0.4, -0.2) is 29.0 Å². The van der Waals surface area contributed by atoms with Gasteiger partial charge in [-0.1, -0.05) is 42.5 Å². The molecule has 1 unspecified atom stereocenters. The van der Waals surface area contributed by atoms with Gasteiger partial charge in [0.25, 0.3) is 0 Å². The number of pyridine rings is 1. The second kappa shape index (κ2) is 7.23. The first-order chi connectivity index (χ1) is 10.9. The third-order valence-electron chi connectivity index (χ3n) is 4.30. The number of hydrogen-bond acceptors (Lipinski definition) is 3. The van der Waals surface area contributed by atoms with Crippen LogP contribution in [0.2, 0.25) is 0 Å². The first-order valence-corrected chi connectivity index (χ1v) is 7.96. The summed E-state index contributed by atoms with van der Waals surface area (Å²) >= 11 is 0. The molecule has 22 heavy (non-hydrogen) atoms. The number of benzene rings is 1. The zero-order chi connectivity index (χ0) is 15.2. The van der Waals surface area contributed by atoms with Crippen molar-refractivity contribution in [3.63, 3.8) is 0 Å². The van der Waals surface area contributed by atoms with Crippen LogP contribution in [0.4, 0.5) is 5.82 Å². The minimum atomic E-state index is 0.317. The van der Waals surface area contributed by atoms with Gasteiger partial charge in [0.1, 0.15) is 5.82 Å². The van der Waals surface area contributed by atoms with Crippen LogP contribution in [0.5, 0.6) is 0 Å². The van der Waals surface area contributed by atoms with Gasteiger partial charge in [0, 0.05) is 25.3 Å². The van der Waals surface area contributed by atoms with Crippen molar-refractivity contribution in [3.8, 4) is 0 Å². The molecule has 1 aromatic carbocycles. The average molecular weight is 293 g/mol. The van der Waals surface area contributed by atoms with Crippen LogP contribution in [0.3, 0.4) is 0 Å². The molecule has 1 atom stereocenters. The Morgan fingerprint density at radius 1 is 1.09 bits per heavy atom. The van der Waals surface area contributed by atoms with Gasteiger partial charge in [-0.05, 0) is 30.5 Å². The summed E-state index contributed by atoms with van der Waals surface area (Å²) in [6.45, 7) is 6.19. The lowest BCUT2D eigenvalue weighted by Crippen LogP contribution is -2.40. The number of hydrogen-bond donors (Lipinski definition) is 1. The van der Waals surface area contributed by atoms with Gasteiger partial charge in [-0.3, -0.25) is 4.90 Å². The molecule has 1 aromatic heterocycles. The molecule has 0 amide bonds. The van der Waals surface area contributed by atoms with Crippen LogP contribution in [0.15, 0.2) is 67.4 Å². The zero-order valence-corrected chi connectivity index (χ0v) is 12.9. The molecule has 1 aliphatic heterocycles. The lowest BCUT2D eigenvalue weighted by Gasteiger charge is -2.37. The summed E-state index contributed by atoms with van der Waals surface area (Å²) in [5, 5.41) is 3.53. The van der Waals surface area contributed by atoms with E-state index in [4.69, 9.17) is 0 Å². The van der Waals surface area contributed by atoms with Crippen molar-refractivity contribution < 1.29 is 0 Å². The van der Waals surface area contributed by atoms with E-state index in [1.807, 2.05) is 24.4 Å². The van der Waals surface area contributed by atoms with Crippen LogP contribution >= 0.6 is 0 Å². The molecular weight excluding hydrogens is 270 g/mol. The first kappa shape index (κ1) is 14.8. The highest BCUT2D eigenvalue weighted by Gasteiger charge is 2.24. The molecule has 1 saturated heterocycles.